The van der Waals surface area contributed by atoms with Gasteiger partial charge < -0.3 is 24.5 Å². The topological polar surface area (TPSA) is 117 Å². The second kappa shape index (κ2) is 6.79. The fraction of sp³-hybridized carbons (Fsp3) is 0.158. The first kappa shape index (κ1) is 17.3. The van der Waals surface area contributed by atoms with Crippen molar-refractivity contribution in [3.63, 3.8) is 0 Å². The van der Waals surface area contributed by atoms with Gasteiger partial charge in [-0.1, -0.05) is 0 Å². The molecular formula is C19H16O7. The Hall–Kier alpha value is -3.48. The second-order valence-corrected chi connectivity index (χ2v) is 5.60. The van der Waals surface area contributed by atoms with Gasteiger partial charge in [-0.15, -0.1) is 0 Å². The van der Waals surface area contributed by atoms with Gasteiger partial charge in [-0.25, -0.2) is 0 Å². The van der Waals surface area contributed by atoms with Crippen LogP contribution >= 0.6 is 0 Å². The Morgan fingerprint density at radius 3 is 2.62 bits per heavy atom. The number of phenols is 3. The Kier molecular flexibility index (Phi) is 4.53. The molecule has 0 aliphatic heterocycles. The summed E-state index contributed by atoms with van der Waals surface area (Å²) in [7, 11) is 0. The smallest absolute Gasteiger partial charge is 0.310 e. The van der Waals surface area contributed by atoms with Gasteiger partial charge in [-0.05, 0) is 42.8 Å². The fourth-order valence-corrected chi connectivity index (χ4v) is 2.69. The van der Waals surface area contributed by atoms with E-state index in [1.54, 1.807) is 6.92 Å². The Labute approximate surface area is 147 Å². The Balaban J connectivity index is 2.16. The lowest BCUT2D eigenvalue weighted by Crippen LogP contribution is -2.09. The van der Waals surface area contributed by atoms with Gasteiger partial charge >= 0.3 is 5.97 Å². The van der Waals surface area contributed by atoms with Crippen molar-refractivity contribution in [2.45, 2.75) is 13.3 Å². The third-order valence-electron chi connectivity index (χ3n) is 3.84. The Morgan fingerprint density at radius 2 is 1.88 bits per heavy atom. The highest BCUT2D eigenvalue weighted by Crippen LogP contribution is 2.34. The Morgan fingerprint density at radius 1 is 1.12 bits per heavy atom. The van der Waals surface area contributed by atoms with Crippen LogP contribution in [0.4, 0.5) is 0 Å². The number of benzene rings is 2. The van der Waals surface area contributed by atoms with Gasteiger partial charge in [0, 0.05) is 11.6 Å². The summed E-state index contributed by atoms with van der Waals surface area (Å²) in [4.78, 5) is 24.2. The zero-order valence-electron chi connectivity index (χ0n) is 13.9. The van der Waals surface area contributed by atoms with Crippen molar-refractivity contribution in [2.24, 2.45) is 0 Å². The molecule has 0 atom stereocenters. The van der Waals surface area contributed by atoms with E-state index < -0.39 is 22.9 Å². The maximum atomic E-state index is 12.4. The molecule has 0 unspecified atom stereocenters. The van der Waals surface area contributed by atoms with Gasteiger partial charge in [-0.3, -0.25) is 9.59 Å². The molecule has 1 heterocycles. The van der Waals surface area contributed by atoms with Crippen LogP contribution in [0.5, 0.6) is 17.2 Å². The highest BCUT2D eigenvalue weighted by atomic mass is 16.5. The van der Waals surface area contributed by atoms with Crippen molar-refractivity contribution >= 4 is 16.9 Å². The number of aromatic hydroxyl groups is 3. The summed E-state index contributed by atoms with van der Waals surface area (Å²) in [5.74, 6) is -1.35. The largest absolute Gasteiger partial charge is 0.508 e. The maximum absolute atomic E-state index is 12.4. The van der Waals surface area contributed by atoms with Gasteiger partial charge in [0.15, 0.2) is 16.9 Å². The third-order valence-corrected chi connectivity index (χ3v) is 3.84. The van der Waals surface area contributed by atoms with Crippen LogP contribution in [-0.2, 0) is 16.0 Å². The van der Waals surface area contributed by atoms with Crippen molar-refractivity contribution < 1.29 is 29.3 Å². The molecule has 0 saturated carbocycles. The van der Waals surface area contributed by atoms with Gasteiger partial charge in [0.05, 0.1) is 13.0 Å². The molecule has 7 heteroatoms. The molecule has 0 fully saturated rings. The molecule has 0 radical (unpaired) electrons. The SMILES string of the molecule is CCOC(=O)Cc1cc(O)ccc1-c1cc(=O)c2c(O)c(O)ccc2o1. The molecule has 7 nitrogen and oxygen atoms in total. The summed E-state index contributed by atoms with van der Waals surface area (Å²) in [5, 5.41) is 29.0. The minimum absolute atomic E-state index is 0.0428. The second-order valence-electron chi connectivity index (χ2n) is 5.60. The van der Waals surface area contributed by atoms with E-state index in [9.17, 15) is 24.9 Å². The number of esters is 1. The molecule has 2 aromatic carbocycles. The fourth-order valence-electron chi connectivity index (χ4n) is 2.69. The van der Waals surface area contributed by atoms with E-state index in [2.05, 4.69) is 0 Å². The van der Waals surface area contributed by atoms with Crippen molar-refractivity contribution in [2.75, 3.05) is 6.61 Å². The molecule has 3 rings (SSSR count). The van der Waals surface area contributed by atoms with Crippen molar-refractivity contribution in [3.8, 4) is 28.6 Å². The third kappa shape index (κ3) is 3.19. The number of carbonyl (C=O) groups excluding carboxylic acids is 1. The molecule has 0 bridgehead atoms. The molecule has 1 aromatic heterocycles. The van der Waals surface area contributed by atoms with Crippen LogP contribution in [0.25, 0.3) is 22.3 Å². The molecule has 3 aromatic rings. The van der Waals surface area contributed by atoms with E-state index in [1.165, 1.54) is 30.3 Å². The van der Waals surface area contributed by atoms with Gasteiger partial charge in [-0.2, -0.15) is 0 Å². The molecule has 3 N–H and O–H groups in total. The molecule has 0 amide bonds. The predicted molar refractivity (Wildman–Crippen MR) is 93.3 cm³/mol. The number of phenolic OH excluding ortho intramolecular Hbond substituents is 3. The lowest BCUT2D eigenvalue weighted by molar-refractivity contribution is -0.142. The number of rotatable bonds is 4. The lowest BCUT2D eigenvalue weighted by atomic mass is 10.0. The molecule has 0 aliphatic rings. The molecule has 26 heavy (non-hydrogen) atoms. The summed E-state index contributed by atoms with van der Waals surface area (Å²) >= 11 is 0. The summed E-state index contributed by atoms with van der Waals surface area (Å²) in [6.45, 7) is 1.91. The summed E-state index contributed by atoms with van der Waals surface area (Å²) < 4.78 is 10.6. The van der Waals surface area contributed by atoms with Crippen molar-refractivity contribution in [1.82, 2.24) is 0 Å². The van der Waals surface area contributed by atoms with Gasteiger partial charge in [0.2, 0.25) is 0 Å². The number of hydrogen-bond acceptors (Lipinski definition) is 7. The van der Waals surface area contributed by atoms with Crippen LogP contribution in [0.1, 0.15) is 12.5 Å². The monoisotopic (exact) mass is 356 g/mol. The molecular weight excluding hydrogens is 340 g/mol. The average molecular weight is 356 g/mol. The number of ether oxygens (including phenoxy) is 1. The minimum Gasteiger partial charge on any atom is -0.508 e. The molecule has 0 saturated heterocycles. The average Bonchev–Trinajstić information content (AvgIpc) is 2.58. The molecule has 0 aliphatic carbocycles. The predicted octanol–water partition coefficient (Wildman–Crippen LogP) is 2.68. The quantitative estimate of drug-likeness (QED) is 0.486. The van der Waals surface area contributed by atoms with E-state index in [-0.39, 0.29) is 35.5 Å². The summed E-state index contributed by atoms with van der Waals surface area (Å²) in [6, 6.07) is 8.05. The van der Waals surface area contributed by atoms with Crippen LogP contribution in [0, 0.1) is 0 Å². The minimum atomic E-state index is -0.555. The lowest BCUT2D eigenvalue weighted by Gasteiger charge is -2.10. The van der Waals surface area contributed by atoms with Crippen molar-refractivity contribution in [1.29, 1.82) is 0 Å². The van der Waals surface area contributed by atoms with Gasteiger partial charge in [0.25, 0.3) is 0 Å². The van der Waals surface area contributed by atoms with E-state index in [1.807, 2.05) is 0 Å². The zero-order valence-corrected chi connectivity index (χ0v) is 13.9. The van der Waals surface area contributed by atoms with Crippen molar-refractivity contribution in [3.05, 3.63) is 52.2 Å². The van der Waals surface area contributed by atoms with Crippen LogP contribution < -0.4 is 5.43 Å². The number of fused-ring (bicyclic) bond motifs is 1. The number of carbonyl (C=O) groups is 1. The van der Waals surface area contributed by atoms with Crippen LogP contribution in [0.15, 0.2) is 45.6 Å². The van der Waals surface area contributed by atoms with Crippen LogP contribution in [0.2, 0.25) is 0 Å². The standard InChI is InChI=1S/C19H16O7/c1-2-25-17(23)8-10-7-11(20)3-4-12(10)16-9-14(22)18-15(26-16)6-5-13(21)19(18)24/h3-7,9,20-21,24H,2,8H2,1H3. The van der Waals surface area contributed by atoms with E-state index in [4.69, 9.17) is 9.15 Å². The van der Waals surface area contributed by atoms with Crippen LogP contribution in [0.3, 0.4) is 0 Å². The van der Waals surface area contributed by atoms with Gasteiger partial charge in [0.1, 0.15) is 22.5 Å². The number of hydrogen-bond donors (Lipinski definition) is 3. The van der Waals surface area contributed by atoms with E-state index >= 15 is 0 Å². The van der Waals surface area contributed by atoms with Crippen LogP contribution in [-0.4, -0.2) is 27.9 Å². The molecule has 0 spiro atoms. The summed E-state index contributed by atoms with van der Waals surface area (Å²) in [6.07, 6.45) is -0.111. The summed E-state index contributed by atoms with van der Waals surface area (Å²) in [5.41, 5.74) is 0.388. The maximum Gasteiger partial charge on any atom is 0.310 e. The van der Waals surface area contributed by atoms with E-state index in [0.717, 1.165) is 6.07 Å². The molecule has 134 valence electrons. The zero-order chi connectivity index (χ0) is 18.8. The first-order valence-electron chi connectivity index (χ1n) is 7.87. The first-order chi connectivity index (χ1) is 12.4. The normalized spacial score (nSPS) is 10.8. The van der Waals surface area contributed by atoms with E-state index in [0.29, 0.717) is 11.1 Å². The Bertz CT molecular complexity index is 1050. The first-order valence-corrected chi connectivity index (χ1v) is 7.87. The highest BCUT2D eigenvalue weighted by Gasteiger charge is 2.17. The highest BCUT2D eigenvalue weighted by molar-refractivity contribution is 5.87.